The summed E-state index contributed by atoms with van der Waals surface area (Å²) in [6.07, 6.45) is 13.1. The first-order valence-corrected chi connectivity index (χ1v) is 20.0. The number of fused-ring (bicyclic) bond motifs is 2. The summed E-state index contributed by atoms with van der Waals surface area (Å²) in [5.74, 6) is 1.05. The molecule has 0 spiro atoms. The minimum Gasteiger partial charge on any atom is -0.372 e. The molecular formula is C36H49N10O2P. The fraction of sp³-hybridized carbons (Fsp3) is 0.500. The molecule has 2 fully saturated rings. The van der Waals surface area contributed by atoms with Crippen LogP contribution >= 0.6 is 7.14 Å². The number of nitrogens with one attached hydrogen (secondary N) is 2. The Balaban J connectivity index is 1.15. The molecule has 1 aliphatic carbocycles. The third kappa shape index (κ3) is 6.71. The van der Waals surface area contributed by atoms with E-state index in [4.69, 9.17) is 14.8 Å². The lowest BCUT2D eigenvalue weighted by Crippen LogP contribution is -2.53. The molecular weight excluding hydrogens is 635 g/mol. The van der Waals surface area contributed by atoms with E-state index in [0.717, 1.165) is 38.1 Å². The number of piperazine rings is 1. The normalized spacial score (nSPS) is 23.1. The number of ether oxygens (including phenoxy) is 1. The van der Waals surface area contributed by atoms with E-state index < -0.39 is 12.7 Å². The molecule has 4 aromatic rings. The van der Waals surface area contributed by atoms with Gasteiger partial charge in [0.15, 0.2) is 5.82 Å². The predicted molar refractivity (Wildman–Crippen MR) is 198 cm³/mol. The summed E-state index contributed by atoms with van der Waals surface area (Å²) >= 11 is 0. The van der Waals surface area contributed by atoms with Crippen molar-refractivity contribution in [1.29, 1.82) is 0 Å². The van der Waals surface area contributed by atoms with Gasteiger partial charge >= 0.3 is 0 Å². The summed E-state index contributed by atoms with van der Waals surface area (Å²) in [6.45, 7) is 14.6. The molecule has 0 radical (unpaired) electrons. The number of allylic oxidation sites excluding steroid dienone is 1. The zero-order valence-electron chi connectivity index (χ0n) is 29.6. The van der Waals surface area contributed by atoms with Crippen molar-refractivity contribution in [3.05, 3.63) is 66.3 Å². The Morgan fingerprint density at radius 2 is 1.80 bits per heavy atom. The fourth-order valence-corrected chi connectivity index (χ4v) is 8.94. The standard InChI is InChI=1S/C36H49N10O2P/c1-7-25-23-31(36(2,48-4)24-30(25)45-17-12-26(13-18-45)44-21-19-43(3)20-22-44)40-35-41-34(29-9-8-16-46(29)42-35)39-28-11-10-27-32(38-15-14-37-27)33(28)49(5,6)47/h8-11,14-16,23-24,26,31H,7,12-13,17-22H2,1-6H3,(H2,39,40,41,42). The molecule has 13 heteroatoms. The Morgan fingerprint density at radius 3 is 2.51 bits per heavy atom. The molecule has 5 heterocycles. The number of nitrogens with zero attached hydrogens (tertiary/aromatic N) is 8. The van der Waals surface area contributed by atoms with E-state index in [-0.39, 0.29) is 6.04 Å². The molecule has 3 aromatic heterocycles. The molecule has 7 rings (SSSR count). The Bertz CT molecular complexity index is 1940. The zero-order valence-corrected chi connectivity index (χ0v) is 30.5. The molecule has 3 aliphatic rings. The summed E-state index contributed by atoms with van der Waals surface area (Å²) in [6, 6.07) is 8.14. The molecule has 2 atom stereocenters. The lowest BCUT2D eigenvalue weighted by atomic mass is 9.84. The van der Waals surface area contributed by atoms with E-state index in [2.05, 4.69) is 68.3 Å². The van der Waals surface area contributed by atoms with E-state index in [1.54, 1.807) is 37.3 Å². The van der Waals surface area contributed by atoms with Gasteiger partial charge in [0.1, 0.15) is 23.8 Å². The van der Waals surface area contributed by atoms with Crippen LogP contribution in [0.1, 0.15) is 33.1 Å². The van der Waals surface area contributed by atoms with Gasteiger partial charge in [-0.05, 0) is 82.5 Å². The molecule has 12 nitrogen and oxygen atoms in total. The highest BCUT2D eigenvalue weighted by Crippen LogP contribution is 2.41. The molecule has 0 bridgehead atoms. The molecule has 0 amide bonds. The van der Waals surface area contributed by atoms with Crippen molar-refractivity contribution in [2.75, 3.05) is 77.4 Å². The van der Waals surface area contributed by atoms with Crippen LogP contribution in [0.15, 0.2) is 66.3 Å². The Hall–Kier alpha value is -3.83. The number of likely N-dealkylation sites (tertiary alicyclic amines) is 1. The summed E-state index contributed by atoms with van der Waals surface area (Å²) in [5, 5.41) is 12.6. The lowest BCUT2D eigenvalue weighted by molar-refractivity contribution is 0.0370. The number of benzene rings is 1. The monoisotopic (exact) mass is 684 g/mol. The number of rotatable bonds is 9. The molecule has 49 heavy (non-hydrogen) atoms. The van der Waals surface area contributed by atoms with Crippen molar-refractivity contribution < 1.29 is 9.30 Å². The second-order valence-corrected chi connectivity index (χ2v) is 17.3. The smallest absolute Gasteiger partial charge is 0.243 e. The number of aromatic nitrogens is 5. The lowest BCUT2D eigenvalue weighted by Gasteiger charge is -2.45. The van der Waals surface area contributed by atoms with Gasteiger partial charge in [0, 0.05) is 76.7 Å². The Kier molecular flexibility index (Phi) is 9.25. The molecule has 0 saturated carbocycles. The van der Waals surface area contributed by atoms with Crippen molar-refractivity contribution in [1.82, 2.24) is 39.3 Å². The van der Waals surface area contributed by atoms with Gasteiger partial charge in [-0.15, -0.1) is 5.10 Å². The van der Waals surface area contributed by atoms with Crippen LogP contribution in [0, 0.1) is 0 Å². The number of hydrogen-bond acceptors (Lipinski definition) is 11. The summed E-state index contributed by atoms with van der Waals surface area (Å²) in [5.41, 5.74) is 4.75. The van der Waals surface area contributed by atoms with Gasteiger partial charge in [-0.2, -0.15) is 4.98 Å². The third-order valence-corrected chi connectivity index (χ3v) is 12.0. The SMILES string of the molecule is CCC1=CC(Nc2nc(Nc3ccc4nccnc4c3P(C)(C)=O)c3cccn3n2)C(C)(OC)C=C1N1CCC(N2CCN(C)CC2)CC1. The minimum absolute atomic E-state index is 0.210. The second kappa shape index (κ2) is 13.5. The summed E-state index contributed by atoms with van der Waals surface area (Å²) in [7, 11) is 1.24. The number of anilines is 3. The van der Waals surface area contributed by atoms with E-state index in [1.807, 2.05) is 30.5 Å². The Morgan fingerprint density at radius 1 is 1.04 bits per heavy atom. The number of likely N-dealkylation sites (N-methyl/N-ethyl adjacent to an activating group) is 1. The highest BCUT2D eigenvalue weighted by molar-refractivity contribution is 7.71. The first kappa shape index (κ1) is 33.7. The maximum Gasteiger partial charge on any atom is 0.243 e. The molecule has 1 aromatic carbocycles. The van der Waals surface area contributed by atoms with Crippen LogP contribution in [-0.4, -0.2) is 124 Å². The molecule has 2 N–H and O–H groups in total. The van der Waals surface area contributed by atoms with Gasteiger partial charge in [0.2, 0.25) is 5.95 Å². The van der Waals surface area contributed by atoms with Crippen molar-refractivity contribution in [2.45, 2.75) is 50.8 Å². The van der Waals surface area contributed by atoms with Crippen LogP contribution in [0.5, 0.6) is 0 Å². The quantitative estimate of drug-likeness (QED) is 0.237. The van der Waals surface area contributed by atoms with Crippen LogP contribution in [0.3, 0.4) is 0 Å². The highest BCUT2D eigenvalue weighted by atomic mass is 31.2. The zero-order chi connectivity index (χ0) is 34.3. The molecule has 2 saturated heterocycles. The van der Waals surface area contributed by atoms with Crippen LogP contribution in [0.25, 0.3) is 16.6 Å². The number of piperidine rings is 1. The average Bonchev–Trinajstić information content (AvgIpc) is 3.58. The first-order valence-electron chi connectivity index (χ1n) is 17.4. The van der Waals surface area contributed by atoms with Crippen molar-refractivity contribution in [3.63, 3.8) is 0 Å². The highest BCUT2D eigenvalue weighted by Gasteiger charge is 2.38. The summed E-state index contributed by atoms with van der Waals surface area (Å²) < 4.78 is 21.7. The van der Waals surface area contributed by atoms with Gasteiger partial charge in [-0.25, -0.2) is 4.52 Å². The molecule has 2 aliphatic heterocycles. The van der Waals surface area contributed by atoms with Gasteiger partial charge in [-0.1, -0.05) is 13.0 Å². The summed E-state index contributed by atoms with van der Waals surface area (Å²) in [4.78, 5) is 21.7. The average molecular weight is 685 g/mol. The molecule has 2 unspecified atom stereocenters. The fourth-order valence-electron chi connectivity index (χ4n) is 7.55. The van der Waals surface area contributed by atoms with Crippen LogP contribution in [0.4, 0.5) is 17.5 Å². The van der Waals surface area contributed by atoms with Gasteiger partial charge in [0.25, 0.3) is 0 Å². The van der Waals surface area contributed by atoms with E-state index in [9.17, 15) is 4.57 Å². The van der Waals surface area contributed by atoms with Gasteiger partial charge < -0.3 is 29.7 Å². The Labute approximate surface area is 289 Å². The van der Waals surface area contributed by atoms with Crippen LogP contribution in [-0.2, 0) is 9.30 Å². The third-order valence-electron chi connectivity index (χ3n) is 10.5. The second-order valence-electron chi connectivity index (χ2n) is 14.1. The topological polar surface area (TPSA) is 116 Å². The van der Waals surface area contributed by atoms with Crippen molar-refractivity contribution in [2.24, 2.45) is 0 Å². The predicted octanol–water partition coefficient (Wildman–Crippen LogP) is 4.80. The van der Waals surface area contributed by atoms with Crippen molar-refractivity contribution >= 4 is 46.5 Å². The van der Waals surface area contributed by atoms with Crippen LogP contribution < -0.4 is 15.9 Å². The van der Waals surface area contributed by atoms with Gasteiger partial charge in [0.05, 0.1) is 22.6 Å². The molecule has 260 valence electrons. The van der Waals surface area contributed by atoms with E-state index in [0.29, 0.717) is 39.8 Å². The largest absolute Gasteiger partial charge is 0.372 e. The van der Waals surface area contributed by atoms with Crippen LogP contribution in [0.2, 0.25) is 0 Å². The van der Waals surface area contributed by atoms with Gasteiger partial charge in [-0.3, -0.25) is 14.9 Å². The number of hydrogen-bond donors (Lipinski definition) is 2. The van der Waals surface area contributed by atoms with E-state index >= 15 is 0 Å². The van der Waals surface area contributed by atoms with Crippen molar-refractivity contribution in [3.8, 4) is 0 Å². The minimum atomic E-state index is -2.76. The first-order chi connectivity index (χ1) is 23.6. The number of methoxy groups -OCH3 is 1. The maximum absolute atomic E-state index is 13.6. The van der Waals surface area contributed by atoms with E-state index in [1.165, 1.54) is 37.2 Å². The maximum atomic E-state index is 13.6.